The highest BCUT2D eigenvalue weighted by Crippen LogP contribution is 2.67. The van der Waals surface area contributed by atoms with Crippen molar-refractivity contribution in [2.45, 2.75) is 148 Å². The smallest absolute Gasteiger partial charge is 0.454 e. The van der Waals surface area contributed by atoms with Gasteiger partial charge in [-0.15, -0.1) is 0 Å². The minimum Gasteiger partial charge on any atom is -0.454 e. The molecule has 1 spiro atoms. The SMILES string of the molecule is CC(=O)O[C@@]12CO[C@@H]1C[C@H](O)[C@]1(C)C2[C@H](OC(=O)c2ccccc2)[C@]23OC(=O)O[C@H]2[C@H](OC(=O)[C@H](O)[C@H](CC(C)C)NC(=O)C(C)(C)C)C(C)=C([C@@H](O)[C@H]1O)C3(C)C. The van der Waals surface area contributed by atoms with Gasteiger partial charge >= 0.3 is 24.1 Å². The van der Waals surface area contributed by atoms with E-state index < -0.39 is 118 Å². The Hall–Kier alpha value is -4.09. The van der Waals surface area contributed by atoms with Gasteiger partial charge in [-0.05, 0) is 42.5 Å². The second kappa shape index (κ2) is 14.9. The van der Waals surface area contributed by atoms with Crippen molar-refractivity contribution in [3.63, 3.8) is 0 Å². The normalized spacial score (nSPS) is 37.2. The van der Waals surface area contributed by atoms with E-state index in [4.69, 9.17) is 28.4 Å². The van der Waals surface area contributed by atoms with Crippen LogP contribution in [0.2, 0.25) is 0 Å². The average Bonchev–Trinajstić information content (AvgIpc) is 3.50. The maximum atomic E-state index is 14.3. The van der Waals surface area contributed by atoms with Crippen molar-refractivity contribution < 1.29 is 72.8 Å². The summed E-state index contributed by atoms with van der Waals surface area (Å²) >= 11 is 0. The lowest BCUT2D eigenvalue weighted by atomic mass is 9.44. The highest BCUT2D eigenvalue weighted by atomic mass is 16.8. The van der Waals surface area contributed by atoms with Gasteiger partial charge in [0.25, 0.3) is 0 Å². The van der Waals surface area contributed by atoms with E-state index in [1.54, 1.807) is 52.8 Å². The van der Waals surface area contributed by atoms with Crippen LogP contribution >= 0.6 is 0 Å². The van der Waals surface area contributed by atoms with Gasteiger partial charge in [0.2, 0.25) is 11.5 Å². The van der Waals surface area contributed by atoms with Crippen LogP contribution in [-0.2, 0) is 42.8 Å². The Kier molecular flexibility index (Phi) is 11.2. The monoisotopic (exact) mass is 815 g/mol. The fourth-order valence-electron chi connectivity index (χ4n) is 10.3. The van der Waals surface area contributed by atoms with Crippen LogP contribution in [0.25, 0.3) is 0 Å². The highest BCUT2D eigenvalue weighted by molar-refractivity contribution is 5.89. The first-order valence-electron chi connectivity index (χ1n) is 19.8. The average molecular weight is 816 g/mol. The van der Waals surface area contributed by atoms with Gasteiger partial charge in [-0.25, -0.2) is 14.4 Å². The predicted octanol–water partition coefficient (Wildman–Crippen LogP) is 2.52. The number of nitrogens with one attached hydrogen (secondary N) is 1. The first-order chi connectivity index (χ1) is 26.9. The summed E-state index contributed by atoms with van der Waals surface area (Å²) in [4.78, 5) is 68.3. The van der Waals surface area contributed by atoms with Crippen molar-refractivity contribution in [1.82, 2.24) is 5.32 Å². The van der Waals surface area contributed by atoms with E-state index in [1.165, 1.54) is 26.0 Å². The number of hydrogen-bond acceptors (Lipinski definition) is 15. The molecular weight excluding hydrogens is 758 g/mol. The number of amides is 1. The Morgan fingerprint density at radius 2 is 1.66 bits per heavy atom. The summed E-state index contributed by atoms with van der Waals surface area (Å²) in [6.45, 7) is 15.8. The predicted molar refractivity (Wildman–Crippen MR) is 201 cm³/mol. The van der Waals surface area contributed by atoms with Crippen LogP contribution in [0.15, 0.2) is 41.5 Å². The van der Waals surface area contributed by atoms with Crippen LogP contribution in [0.5, 0.6) is 0 Å². The third-order valence-electron chi connectivity index (χ3n) is 13.2. The molecule has 6 rings (SSSR count). The van der Waals surface area contributed by atoms with E-state index in [0.29, 0.717) is 0 Å². The Labute approximate surface area is 337 Å². The fourth-order valence-corrected chi connectivity index (χ4v) is 10.3. The molecule has 2 aliphatic heterocycles. The second-order valence-corrected chi connectivity index (χ2v) is 18.7. The van der Waals surface area contributed by atoms with Gasteiger partial charge in [-0.3, -0.25) is 9.59 Å². The second-order valence-electron chi connectivity index (χ2n) is 18.7. The molecule has 16 nitrogen and oxygen atoms in total. The first kappa shape index (κ1) is 43.5. The molecule has 1 unspecified atom stereocenters. The molecule has 1 aromatic carbocycles. The third-order valence-corrected chi connectivity index (χ3v) is 13.2. The zero-order valence-electron chi connectivity index (χ0n) is 34.6. The zero-order valence-corrected chi connectivity index (χ0v) is 34.6. The molecule has 2 heterocycles. The summed E-state index contributed by atoms with van der Waals surface area (Å²) in [5.41, 5.74) is -8.16. The summed E-state index contributed by atoms with van der Waals surface area (Å²) < 4.78 is 36.7. The lowest BCUT2D eigenvalue weighted by molar-refractivity contribution is -0.364. The standard InChI is InChI=1S/C42H57NO15/c1-19(2)16-23(43-36(51)38(5,6)7)27(46)35(50)54-29-20(3)26-28(47)31(48)40(10)24(45)17-25-41(18-53-25,57-21(4)44)30(40)33(55-34(49)22-14-12-11-13-15-22)42(39(26,8)9)32(29)56-37(52)58-42/h11-15,19,23-25,27-33,45-48H,16-18H2,1-10H3,(H,43,51)/t23-,24-,25+,27+,28+,29+,30?,31+,32-,33-,40+,41-,42+/m0/s1. The van der Waals surface area contributed by atoms with Crippen LogP contribution in [0.1, 0.15) is 92.4 Å². The summed E-state index contributed by atoms with van der Waals surface area (Å²) in [6, 6.07) is 6.76. The van der Waals surface area contributed by atoms with Crippen molar-refractivity contribution in [2.75, 3.05) is 6.61 Å². The molecule has 1 aromatic rings. The van der Waals surface area contributed by atoms with Gasteiger partial charge < -0.3 is 54.2 Å². The summed E-state index contributed by atoms with van der Waals surface area (Å²) in [5, 5.41) is 51.2. The zero-order chi connectivity index (χ0) is 43.1. The molecule has 0 aromatic heterocycles. The number of ether oxygens (including phenoxy) is 6. The minimum atomic E-state index is -2.26. The summed E-state index contributed by atoms with van der Waals surface area (Å²) in [6.07, 6.45) is -14.5. The lowest BCUT2D eigenvalue weighted by Crippen LogP contribution is -2.83. The molecule has 3 aliphatic carbocycles. The Balaban J connectivity index is 1.58. The van der Waals surface area contributed by atoms with E-state index in [1.807, 2.05) is 13.8 Å². The van der Waals surface area contributed by atoms with Gasteiger partial charge in [-0.1, -0.05) is 73.6 Å². The number of carbonyl (C=O) groups is 5. The largest absolute Gasteiger partial charge is 0.509 e. The van der Waals surface area contributed by atoms with Crippen molar-refractivity contribution >= 4 is 30.0 Å². The number of aliphatic hydroxyl groups excluding tert-OH is 4. The molecule has 16 heteroatoms. The van der Waals surface area contributed by atoms with Gasteiger partial charge in [0.05, 0.1) is 36.3 Å². The Morgan fingerprint density at radius 3 is 2.21 bits per heavy atom. The molecule has 13 atom stereocenters. The molecule has 0 radical (unpaired) electrons. The van der Waals surface area contributed by atoms with Crippen LogP contribution in [0.4, 0.5) is 4.79 Å². The van der Waals surface area contributed by atoms with Crippen LogP contribution < -0.4 is 5.32 Å². The van der Waals surface area contributed by atoms with E-state index in [2.05, 4.69) is 5.32 Å². The fraction of sp³-hybridized carbons (Fsp3) is 0.690. The highest BCUT2D eigenvalue weighted by Gasteiger charge is 2.82. The molecular formula is C42H57NO15. The maximum Gasteiger partial charge on any atom is 0.509 e. The van der Waals surface area contributed by atoms with Gasteiger partial charge in [0.1, 0.15) is 12.2 Å². The van der Waals surface area contributed by atoms with Crippen molar-refractivity contribution in [3.05, 3.63) is 47.0 Å². The van der Waals surface area contributed by atoms with Crippen LogP contribution in [-0.4, -0.2) is 123 Å². The molecule has 1 amide bonds. The Bertz CT molecular complexity index is 1860. The van der Waals surface area contributed by atoms with Gasteiger partial charge in [-0.2, -0.15) is 0 Å². The van der Waals surface area contributed by atoms with E-state index in [-0.39, 0.29) is 42.1 Å². The molecule has 2 bridgehead atoms. The lowest BCUT2D eigenvalue weighted by Gasteiger charge is -2.68. The molecule has 5 N–H and O–H groups in total. The van der Waals surface area contributed by atoms with Crippen molar-refractivity contribution in [1.29, 1.82) is 0 Å². The van der Waals surface area contributed by atoms with Crippen molar-refractivity contribution in [3.8, 4) is 0 Å². The maximum absolute atomic E-state index is 14.3. The van der Waals surface area contributed by atoms with E-state index >= 15 is 0 Å². The topological polar surface area (TPSA) is 234 Å². The Morgan fingerprint density at radius 1 is 1.02 bits per heavy atom. The number of fused-ring (bicyclic) bond motifs is 4. The van der Waals surface area contributed by atoms with E-state index in [9.17, 15) is 44.4 Å². The van der Waals surface area contributed by atoms with Gasteiger partial charge in [0.15, 0.2) is 30.0 Å². The molecule has 2 saturated heterocycles. The van der Waals surface area contributed by atoms with Crippen LogP contribution in [0, 0.1) is 28.1 Å². The number of hydrogen-bond donors (Lipinski definition) is 5. The molecule has 5 aliphatic rings. The third kappa shape index (κ3) is 6.59. The number of esters is 3. The van der Waals surface area contributed by atoms with Gasteiger partial charge in [0, 0.05) is 29.6 Å². The first-order valence-corrected chi connectivity index (χ1v) is 19.8. The number of aliphatic hydroxyl groups is 4. The van der Waals surface area contributed by atoms with Crippen molar-refractivity contribution in [2.24, 2.45) is 28.1 Å². The quantitative estimate of drug-likeness (QED) is 0.137. The minimum absolute atomic E-state index is 0.0164. The summed E-state index contributed by atoms with van der Waals surface area (Å²) in [5.74, 6) is -4.91. The molecule has 320 valence electrons. The molecule has 2 saturated carbocycles. The number of carbonyl (C=O) groups excluding carboxylic acids is 5. The number of benzene rings is 1. The van der Waals surface area contributed by atoms with Crippen LogP contribution in [0.3, 0.4) is 0 Å². The summed E-state index contributed by atoms with van der Waals surface area (Å²) in [7, 11) is 0. The molecule has 4 fully saturated rings. The number of rotatable bonds is 9. The molecule has 58 heavy (non-hydrogen) atoms. The van der Waals surface area contributed by atoms with E-state index in [0.717, 1.165) is 6.92 Å².